The number of rotatable bonds is 7. The third kappa shape index (κ3) is 5.05. The van der Waals surface area contributed by atoms with Gasteiger partial charge < -0.3 is 14.8 Å². The maximum atomic E-state index is 12.6. The van der Waals surface area contributed by atoms with Gasteiger partial charge in [-0.1, -0.05) is 36.7 Å². The van der Waals surface area contributed by atoms with Gasteiger partial charge in [0.25, 0.3) is 5.91 Å². The molecule has 0 aromatic heterocycles. The Morgan fingerprint density at radius 1 is 1.04 bits per heavy atom. The van der Waals surface area contributed by atoms with Crippen LogP contribution in [0.25, 0.3) is 0 Å². The summed E-state index contributed by atoms with van der Waals surface area (Å²) >= 11 is 5.99. The van der Waals surface area contributed by atoms with E-state index in [1.165, 1.54) is 5.56 Å². The Bertz CT molecular complexity index is 954. The molecule has 0 saturated heterocycles. The molecule has 1 N–H and O–H groups in total. The second-order valence-corrected chi connectivity index (χ2v) is 6.71. The number of anilines is 1. The Kier molecular flexibility index (Phi) is 6.56. The van der Waals surface area contributed by atoms with Crippen molar-refractivity contribution in [2.75, 3.05) is 12.4 Å². The summed E-state index contributed by atoms with van der Waals surface area (Å²) in [6.45, 7) is 2.35. The highest BCUT2D eigenvalue weighted by molar-refractivity contribution is 6.30. The number of ether oxygens (including phenoxy) is 2. The lowest BCUT2D eigenvalue weighted by Crippen LogP contribution is -2.13. The molecule has 3 aromatic rings. The van der Waals surface area contributed by atoms with Crippen LogP contribution in [0, 0.1) is 0 Å². The highest BCUT2D eigenvalue weighted by atomic mass is 35.5. The van der Waals surface area contributed by atoms with E-state index in [9.17, 15) is 4.79 Å². The van der Waals surface area contributed by atoms with Crippen molar-refractivity contribution >= 4 is 23.2 Å². The van der Waals surface area contributed by atoms with Gasteiger partial charge in [0.05, 0.1) is 7.11 Å². The van der Waals surface area contributed by atoms with Gasteiger partial charge in [0.2, 0.25) is 0 Å². The van der Waals surface area contributed by atoms with Crippen LogP contribution in [0.5, 0.6) is 11.5 Å². The molecule has 3 aromatic carbocycles. The minimum atomic E-state index is -0.184. The first-order valence-electron chi connectivity index (χ1n) is 9.04. The zero-order valence-corrected chi connectivity index (χ0v) is 16.6. The van der Waals surface area contributed by atoms with Crippen molar-refractivity contribution < 1.29 is 14.3 Å². The molecule has 0 spiro atoms. The van der Waals surface area contributed by atoms with Crippen molar-refractivity contribution in [3.63, 3.8) is 0 Å². The van der Waals surface area contributed by atoms with Crippen LogP contribution < -0.4 is 14.8 Å². The quantitative estimate of drug-likeness (QED) is 0.554. The lowest BCUT2D eigenvalue weighted by molar-refractivity contribution is 0.102. The number of amides is 1. The molecule has 0 atom stereocenters. The van der Waals surface area contributed by atoms with Gasteiger partial charge in [0.15, 0.2) is 0 Å². The van der Waals surface area contributed by atoms with Crippen LogP contribution in [0.1, 0.15) is 28.4 Å². The molecule has 144 valence electrons. The molecule has 0 aliphatic carbocycles. The van der Waals surface area contributed by atoms with Crippen LogP contribution in [0.3, 0.4) is 0 Å². The molecule has 0 fully saturated rings. The molecule has 5 heteroatoms. The monoisotopic (exact) mass is 395 g/mol. The zero-order valence-electron chi connectivity index (χ0n) is 15.9. The zero-order chi connectivity index (χ0) is 19.9. The summed E-state index contributed by atoms with van der Waals surface area (Å²) in [5.41, 5.74) is 3.29. The number of methoxy groups -OCH3 is 1. The summed E-state index contributed by atoms with van der Waals surface area (Å²) in [6.07, 6.45) is 0.961. The number of carbonyl (C=O) groups excluding carboxylic acids is 1. The van der Waals surface area contributed by atoms with Crippen LogP contribution in [-0.2, 0) is 13.0 Å². The summed E-state index contributed by atoms with van der Waals surface area (Å²) in [6, 6.07) is 20.3. The van der Waals surface area contributed by atoms with E-state index in [2.05, 4.69) is 12.2 Å². The van der Waals surface area contributed by atoms with Gasteiger partial charge in [-0.25, -0.2) is 0 Å². The molecule has 0 unspecified atom stereocenters. The van der Waals surface area contributed by atoms with E-state index >= 15 is 0 Å². The first kappa shape index (κ1) is 19.8. The maximum Gasteiger partial charge on any atom is 0.255 e. The van der Waals surface area contributed by atoms with Crippen molar-refractivity contribution in [3.8, 4) is 11.5 Å². The standard InChI is InChI=1S/C23H22ClNO3/c1-3-16-7-10-20(11-8-16)25-23(26)17-9-12-22(27-2)18(13-17)15-28-21-6-4-5-19(24)14-21/h4-14H,3,15H2,1-2H3,(H,25,26). The number of carbonyl (C=O) groups is 1. The van der Waals surface area contributed by atoms with Gasteiger partial charge in [-0.05, 0) is 60.5 Å². The molecule has 28 heavy (non-hydrogen) atoms. The largest absolute Gasteiger partial charge is 0.496 e. The van der Waals surface area contributed by atoms with Gasteiger partial charge in [-0.15, -0.1) is 0 Å². The second-order valence-electron chi connectivity index (χ2n) is 6.28. The van der Waals surface area contributed by atoms with E-state index in [0.29, 0.717) is 22.1 Å². The fourth-order valence-electron chi connectivity index (χ4n) is 2.78. The number of benzene rings is 3. The summed E-state index contributed by atoms with van der Waals surface area (Å²) < 4.78 is 11.2. The number of hydrogen-bond donors (Lipinski definition) is 1. The van der Waals surface area contributed by atoms with Crippen LogP contribution in [0.2, 0.25) is 5.02 Å². The topological polar surface area (TPSA) is 47.6 Å². The fourth-order valence-corrected chi connectivity index (χ4v) is 2.96. The highest BCUT2D eigenvalue weighted by Gasteiger charge is 2.11. The van der Waals surface area contributed by atoms with Crippen LogP contribution in [0.15, 0.2) is 66.7 Å². The molecule has 0 saturated carbocycles. The summed E-state index contributed by atoms with van der Waals surface area (Å²) in [7, 11) is 1.59. The number of aryl methyl sites for hydroxylation is 1. The van der Waals surface area contributed by atoms with Gasteiger partial charge in [0.1, 0.15) is 18.1 Å². The minimum Gasteiger partial charge on any atom is -0.496 e. The molecule has 0 aliphatic heterocycles. The Balaban J connectivity index is 1.74. The Morgan fingerprint density at radius 3 is 2.50 bits per heavy atom. The molecule has 4 nitrogen and oxygen atoms in total. The predicted octanol–water partition coefficient (Wildman–Crippen LogP) is 5.74. The molecular formula is C23H22ClNO3. The fraction of sp³-hybridized carbons (Fsp3) is 0.174. The summed E-state index contributed by atoms with van der Waals surface area (Å²) in [5.74, 6) is 1.13. The van der Waals surface area contributed by atoms with Gasteiger partial charge in [0, 0.05) is 21.8 Å². The highest BCUT2D eigenvalue weighted by Crippen LogP contribution is 2.24. The molecule has 0 bridgehead atoms. The minimum absolute atomic E-state index is 0.184. The molecule has 1 amide bonds. The van der Waals surface area contributed by atoms with Crippen LogP contribution >= 0.6 is 11.6 Å². The van der Waals surface area contributed by atoms with E-state index in [0.717, 1.165) is 17.7 Å². The first-order valence-corrected chi connectivity index (χ1v) is 9.42. The Labute approximate surface area is 170 Å². The molecule has 0 radical (unpaired) electrons. The molecular weight excluding hydrogens is 374 g/mol. The number of halogens is 1. The third-order valence-corrected chi connectivity index (χ3v) is 4.59. The van der Waals surface area contributed by atoms with Gasteiger partial charge in [-0.3, -0.25) is 4.79 Å². The smallest absolute Gasteiger partial charge is 0.255 e. The lowest BCUT2D eigenvalue weighted by atomic mass is 10.1. The van der Waals surface area contributed by atoms with Crippen molar-refractivity contribution in [3.05, 3.63) is 88.4 Å². The number of nitrogens with one attached hydrogen (secondary N) is 1. The van der Waals surface area contributed by atoms with E-state index in [-0.39, 0.29) is 12.5 Å². The summed E-state index contributed by atoms with van der Waals surface area (Å²) in [4.78, 5) is 12.6. The molecule has 0 aliphatic rings. The Hall–Kier alpha value is -2.98. The first-order chi connectivity index (χ1) is 13.6. The van der Waals surface area contributed by atoms with E-state index in [1.54, 1.807) is 37.4 Å². The van der Waals surface area contributed by atoms with E-state index < -0.39 is 0 Å². The van der Waals surface area contributed by atoms with Crippen LogP contribution in [-0.4, -0.2) is 13.0 Å². The SMILES string of the molecule is CCc1ccc(NC(=O)c2ccc(OC)c(COc3cccc(Cl)c3)c2)cc1. The molecule has 3 rings (SSSR count). The van der Waals surface area contributed by atoms with Crippen LogP contribution in [0.4, 0.5) is 5.69 Å². The van der Waals surface area contributed by atoms with Crippen molar-refractivity contribution in [2.45, 2.75) is 20.0 Å². The van der Waals surface area contributed by atoms with E-state index in [1.807, 2.05) is 36.4 Å². The van der Waals surface area contributed by atoms with Gasteiger partial charge in [-0.2, -0.15) is 0 Å². The second kappa shape index (κ2) is 9.29. The van der Waals surface area contributed by atoms with E-state index in [4.69, 9.17) is 21.1 Å². The average molecular weight is 396 g/mol. The summed E-state index contributed by atoms with van der Waals surface area (Å²) in [5, 5.41) is 3.52. The Morgan fingerprint density at radius 2 is 1.82 bits per heavy atom. The van der Waals surface area contributed by atoms with Crippen molar-refractivity contribution in [1.29, 1.82) is 0 Å². The third-order valence-electron chi connectivity index (χ3n) is 4.35. The average Bonchev–Trinajstić information content (AvgIpc) is 2.72. The predicted molar refractivity (Wildman–Crippen MR) is 113 cm³/mol. The molecule has 0 heterocycles. The van der Waals surface area contributed by atoms with Crippen molar-refractivity contribution in [2.24, 2.45) is 0 Å². The number of hydrogen-bond acceptors (Lipinski definition) is 3. The normalized spacial score (nSPS) is 10.4. The van der Waals surface area contributed by atoms with Crippen molar-refractivity contribution in [1.82, 2.24) is 0 Å². The lowest BCUT2D eigenvalue weighted by Gasteiger charge is -2.13. The van der Waals surface area contributed by atoms with Gasteiger partial charge >= 0.3 is 0 Å². The maximum absolute atomic E-state index is 12.6.